The molecule has 4 rings (SSSR count). The lowest BCUT2D eigenvalue weighted by atomic mass is 10.2. The Balaban J connectivity index is 1.71. The van der Waals surface area contributed by atoms with Crippen LogP contribution in [0, 0.1) is 0 Å². The van der Waals surface area contributed by atoms with E-state index in [2.05, 4.69) is 4.98 Å². The topological polar surface area (TPSA) is 42.4 Å². The first-order valence-electron chi connectivity index (χ1n) is 8.25. The number of halogens is 1. The van der Waals surface area contributed by atoms with Crippen LogP contribution in [0.25, 0.3) is 10.2 Å². The highest BCUT2D eigenvalue weighted by Gasteiger charge is 2.26. The highest BCUT2D eigenvalue weighted by molar-refractivity contribution is 7.22. The Bertz CT molecular complexity index is 891. The molecule has 0 bridgehead atoms. The molecule has 2 heterocycles. The van der Waals surface area contributed by atoms with Gasteiger partial charge in [-0.25, -0.2) is 4.98 Å². The lowest BCUT2D eigenvalue weighted by Gasteiger charge is -2.23. The number of rotatable bonds is 4. The van der Waals surface area contributed by atoms with E-state index in [1.807, 2.05) is 48.5 Å². The largest absolute Gasteiger partial charge is 0.376 e. The summed E-state index contributed by atoms with van der Waals surface area (Å²) in [5.41, 5.74) is 1.50. The Morgan fingerprint density at radius 2 is 2.12 bits per heavy atom. The van der Waals surface area contributed by atoms with Gasteiger partial charge in [0, 0.05) is 17.2 Å². The van der Waals surface area contributed by atoms with Crippen molar-refractivity contribution in [1.29, 1.82) is 0 Å². The van der Waals surface area contributed by atoms with Crippen LogP contribution in [0.3, 0.4) is 0 Å². The Kier molecular flexibility index (Phi) is 4.70. The zero-order chi connectivity index (χ0) is 17.2. The maximum atomic E-state index is 13.1. The Morgan fingerprint density at radius 3 is 2.88 bits per heavy atom. The number of fused-ring (bicyclic) bond motifs is 1. The number of amides is 1. The normalized spacial score (nSPS) is 17.1. The van der Waals surface area contributed by atoms with E-state index >= 15 is 0 Å². The number of nitrogens with zero attached hydrogens (tertiary/aromatic N) is 2. The number of benzene rings is 2. The SMILES string of the molecule is O=C(c1ccccc1)N(CC1CCCO1)c1nc2ccc(Cl)cc2s1. The van der Waals surface area contributed by atoms with Crippen LogP contribution in [0.2, 0.25) is 5.02 Å². The van der Waals surface area contributed by atoms with Gasteiger partial charge in [-0.1, -0.05) is 41.1 Å². The summed E-state index contributed by atoms with van der Waals surface area (Å²) < 4.78 is 6.72. The molecule has 1 saturated heterocycles. The predicted molar refractivity (Wildman–Crippen MR) is 102 cm³/mol. The average Bonchev–Trinajstić information content (AvgIpc) is 3.28. The predicted octanol–water partition coefficient (Wildman–Crippen LogP) is 4.78. The molecule has 1 amide bonds. The van der Waals surface area contributed by atoms with Crippen molar-refractivity contribution in [2.75, 3.05) is 18.1 Å². The zero-order valence-electron chi connectivity index (χ0n) is 13.5. The Labute approximate surface area is 155 Å². The van der Waals surface area contributed by atoms with Gasteiger partial charge in [-0.3, -0.25) is 9.69 Å². The average molecular weight is 373 g/mol. The second-order valence-corrected chi connectivity index (χ2v) is 7.47. The first kappa shape index (κ1) is 16.5. The molecule has 1 unspecified atom stereocenters. The van der Waals surface area contributed by atoms with Crippen molar-refractivity contribution >= 4 is 44.2 Å². The van der Waals surface area contributed by atoms with Crippen molar-refractivity contribution in [2.45, 2.75) is 18.9 Å². The first-order chi connectivity index (χ1) is 12.2. The molecule has 1 aliphatic rings. The Morgan fingerprint density at radius 1 is 1.28 bits per heavy atom. The van der Waals surface area contributed by atoms with Gasteiger partial charge >= 0.3 is 0 Å². The van der Waals surface area contributed by atoms with Gasteiger partial charge in [-0.2, -0.15) is 0 Å². The summed E-state index contributed by atoms with van der Waals surface area (Å²) in [5.74, 6) is -0.0544. The Hall–Kier alpha value is -1.95. The van der Waals surface area contributed by atoms with E-state index in [4.69, 9.17) is 16.3 Å². The maximum Gasteiger partial charge on any atom is 0.260 e. The van der Waals surface area contributed by atoms with Crippen molar-refractivity contribution in [3.63, 3.8) is 0 Å². The molecule has 0 saturated carbocycles. The molecule has 0 aliphatic carbocycles. The zero-order valence-corrected chi connectivity index (χ0v) is 15.1. The van der Waals surface area contributed by atoms with E-state index in [-0.39, 0.29) is 12.0 Å². The van der Waals surface area contributed by atoms with Crippen molar-refractivity contribution in [2.24, 2.45) is 0 Å². The number of aromatic nitrogens is 1. The van der Waals surface area contributed by atoms with E-state index in [0.717, 1.165) is 29.7 Å². The van der Waals surface area contributed by atoms with E-state index in [1.165, 1.54) is 11.3 Å². The van der Waals surface area contributed by atoms with Crippen molar-refractivity contribution in [1.82, 2.24) is 4.98 Å². The van der Waals surface area contributed by atoms with Gasteiger partial charge < -0.3 is 4.74 Å². The van der Waals surface area contributed by atoms with E-state index in [0.29, 0.717) is 22.3 Å². The van der Waals surface area contributed by atoms with Crippen LogP contribution in [-0.4, -0.2) is 30.1 Å². The standard InChI is InChI=1S/C19H17ClN2O2S/c20-14-8-9-16-17(11-14)25-19(21-16)22(12-15-7-4-10-24-15)18(23)13-5-2-1-3-6-13/h1-3,5-6,8-9,11,15H,4,7,10,12H2. The quantitative estimate of drug-likeness (QED) is 0.662. The van der Waals surface area contributed by atoms with Crippen molar-refractivity contribution in [3.8, 4) is 0 Å². The van der Waals surface area contributed by atoms with Gasteiger partial charge in [0.2, 0.25) is 0 Å². The molecule has 1 fully saturated rings. The monoisotopic (exact) mass is 372 g/mol. The minimum Gasteiger partial charge on any atom is -0.376 e. The second-order valence-electron chi connectivity index (χ2n) is 6.03. The number of hydrogen-bond donors (Lipinski definition) is 0. The minimum atomic E-state index is -0.0544. The fourth-order valence-electron chi connectivity index (χ4n) is 2.98. The minimum absolute atomic E-state index is 0.0544. The molecular weight excluding hydrogens is 356 g/mol. The summed E-state index contributed by atoms with van der Waals surface area (Å²) in [7, 11) is 0. The summed E-state index contributed by atoms with van der Waals surface area (Å²) in [5, 5.41) is 1.35. The molecule has 1 atom stereocenters. The first-order valence-corrected chi connectivity index (χ1v) is 9.45. The van der Waals surface area contributed by atoms with Crippen LogP contribution in [0.5, 0.6) is 0 Å². The van der Waals surface area contributed by atoms with Gasteiger partial charge in [0.1, 0.15) is 0 Å². The summed E-state index contributed by atoms with van der Waals surface area (Å²) in [6.07, 6.45) is 2.06. The molecule has 0 spiro atoms. The molecule has 6 heteroatoms. The maximum absolute atomic E-state index is 13.1. The third kappa shape index (κ3) is 3.54. The summed E-state index contributed by atoms with van der Waals surface area (Å²) in [4.78, 5) is 19.5. The molecule has 2 aromatic carbocycles. The molecule has 1 aromatic heterocycles. The van der Waals surface area contributed by atoms with E-state index < -0.39 is 0 Å². The fourth-order valence-corrected chi connectivity index (χ4v) is 4.23. The van der Waals surface area contributed by atoms with Gasteiger partial charge in [-0.15, -0.1) is 0 Å². The second kappa shape index (κ2) is 7.12. The van der Waals surface area contributed by atoms with Crippen LogP contribution in [-0.2, 0) is 4.74 Å². The number of carbonyl (C=O) groups is 1. The number of thiazole rings is 1. The highest BCUT2D eigenvalue weighted by Crippen LogP contribution is 2.32. The van der Waals surface area contributed by atoms with Crippen LogP contribution < -0.4 is 4.90 Å². The van der Waals surface area contributed by atoms with Crippen LogP contribution >= 0.6 is 22.9 Å². The van der Waals surface area contributed by atoms with Gasteiger partial charge in [-0.05, 0) is 43.2 Å². The van der Waals surface area contributed by atoms with Gasteiger partial charge in [0.05, 0.1) is 22.9 Å². The van der Waals surface area contributed by atoms with Crippen molar-refractivity contribution < 1.29 is 9.53 Å². The highest BCUT2D eigenvalue weighted by atomic mass is 35.5. The third-order valence-corrected chi connectivity index (χ3v) is 5.52. The molecule has 0 radical (unpaired) electrons. The molecule has 128 valence electrons. The van der Waals surface area contributed by atoms with Crippen LogP contribution in [0.15, 0.2) is 48.5 Å². The molecule has 3 aromatic rings. The van der Waals surface area contributed by atoms with Gasteiger partial charge in [0.25, 0.3) is 5.91 Å². The van der Waals surface area contributed by atoms with E-state index in [1.54, 1.807) is 4.90 Å². The smallest absolute Gasteiger partial charge is 0.260 e. The fraction of sp³-hybridized carbons (Fsp3) is 0.263. The molecule has 1 aliphatic heterocycles. The molecular formula is C19H17ClN2O2S. The molecule has 0 N–H and O–H groups in total. The molecule has 25 heavy (non-hydrogen) atoms. The number of hydrogen-bond acceptors (Lipinski definition) is 4. The number of carbonyl (C=O) groups excluding carboxylic acids is 1. The molecule has 4 nitrogen and oxygen atoms in total. The van der Waals surface area contributed by atoms with E-state index in [9.17, 15) is 4.79 Å². The van der Waals surface area contributed by atoms with Crippen molar-refractivity contribution in [3.05, 3.63) is 59.1 Å². The summed E-state index contributed by atoms with van der Waals surface area (Å²) in [6.45, 7) is 1.27. The summed E-state index contributed by atoms with van der Waals surface area (Å²) >= 11 is 7.56. The van der Waals surface area contributed by atoms with Crippen LogP contribution in [0.4, 0.5) is 5.13 Å². The third-order valence-electron chi connectivity index (χ3n) is 4.25. The van der Waals surface area contributed by atoms with Gasteiger partial charge in [0.15, 0.2) is 5.13 Å². The lowest BCUT2D eigenvalue weighted by Crippen LogP contribution is -2.37. The number of ether oxygens (including phenoxy) is 1. The lowest BCUT2D eigenvalue weighted by molar-refractivity contribution is 0.0917. The number of anilines is 1. The summed E-state index contributed by atoms with van der Waals surface area (Å²) in [6, 6.07) is 14.9. The van der Waals surface area contributed by atoms with Crippen LogP contribution in [0.1, 0.15) is 23.2 Å².